The number of pyridine rings is 1. The van der Waals surface area contributed by atoms with Crippen molar-refractivity contribution >= 4 is 45.8 Å². The molecule has 4 rings (SSSR count). The average molecular weight is 401 g/mol. The highest BCUT2D eigenvalue weighted by Crippen LogP contribution is 2.30. The summed E-state index contributed by atoms with van der Waals surface area (Å²) in [5.41, 5.74) is 3.31. The van der Waals surface area contributed by atoms with Gasteiger partial charge in [0.25, 0.3) is 5.91 Å². The van der Waals surface area contributed by atoms with E-state index < -0.39 is 0 Å². The monoisotopic (exact) mass is 400 g/mol. The molecule has 0 fully saturated rings. The Morgan fingerprint density at radius 2 is 2.04 bits per heavy atom. The average Bonchev–Trinajstić information content (AvgIpc) is 3.26. The molecule has 0 saturated heterocycles. The van der Waals surface area contributed by atoms with E-state index in [1.807, 2.05) is 17.7 Å². The third-order valence-electron chi connectivity index (χ3n) is 4.16. The molecule has 0 bridgehead atoms. The fourth-order valence-electron chi connectivity index (χ4n) is 2.89. The van der Waals surface area contributed by atoms with E-state index in [1.165, 1.54) is 6.20 Å². The molecule has 0 spiro atoms. The van der Waals surface area contributed by atoms with Gasteiger partial charge in [-0.25, -0.2) is 4.98 Å². The van der Waals surface area contributed by atoms with Gasteiger partial charge in [0.15, 0.2) is 0 Å². The van der Waals surface area contributed by atoms with Gasteiger partial charge >= 0.3 is 0 Å². The van der Waals surface area contributed by atoms with E-state index in [4.69, 9.17) is 23.2 Å². The van der Waals surface area contributed by atoms with Crippen molar-refractivity contribution in [2.75, 3.05) is 5.32 Å². The second kappa shape index (κ2) is 7.02. The highest BCUT2D eigenvalue weighted by molar-refractivity contribution is 6.39. The van der Waals surface area contributed by atoms with Gasteiger partial charge in [-0.1, -0.05) is 28.4 Å². The molecular formula is C18H14Cl2N6O. The number of halogens is 2. The smallest absolute Gasteiger partial charge is 0.258 e. The number of anilines is 1. The molecule has 3 heterocycles. The first-order valence-corrected chi connectivity index (χ1v) is 8.84. The summed E-state index contributed by atoms with van der Waals surface area (Å²) in [6, 6.07) is 6.85. The topological polar surface area (TPSA) is 88.5 Å². The van der Waals surface area contributed by atoms with Crippen molar-refractivity contribution in [2.24, 2.45) is 0 Å². The van der Waals surface area contributed by atoms with Crippen molar-refractivity contribution in [1.82, 2.24) is 25.0 Å². The molecule has 0 aliphatic carbocycles. The summed E-state index contributed by atoms with van der Waals surface area (Å²) >= 11 is 12.4. The van der Waals surface area contributed by atoms with Gasteiger partial charge in [0.1, 0.15) is 11.3 Å². The van der Waals surface area contributed by atoms with Crippen molar-refractivity contribution in [3.8, 4) is 0 Å². The molecule has 0 atom stereocenters. The van der Waals surface area contributed by atoms with E-state index >= 15 is 0 Å². The minimum atomic E-state index is -0.333. The minimum Gasteiger partial charge on any atom is -0.326 e. The molecule has 0 aliphatic rings. The van der Waals surface area contributed by atoms with Crippen molar-refractivity contribution in [1.29, 1.82) is 0 Å². The highest BCUT2D eigenvalue weighted by Gasteiger charge is 2.19. The van der Waals surface area contributed by atoms with E-state index in [2.05, 4.69) is 25.7 Å². The number of aryl methyl sites for hydroxylation is 1. The Labute approximate surface area is 164 Å². The minimum absolute atomic E-state index is 0.307. The number of nitrogens with zero attached hydrogens (tertiary/aromatic N) is 4. The van der Waals surface area contributed by atoms with Crippen molar-refractivity contribution in [3.63, 3.8) is 0 Å². The first-order chi connectivity index (χ1) is 13.0. The quantitative estimate of drug-likeness (QED) is 0.540. The second-order valence-corrected chi connectivity index (χ2v) is 6.86. The van der Waals surface area contributed by atoms with Crippen LogP contribution in [0, 0.1) is 6.92 Å². The van der Waals surface area contributed by atoms with E-state index in [0.717, 1.165) is 16.6 Å². The molecule has 9 heteroatoms. The lowest BCUT2D eigenvalue weighted by Gasteiger charge is -2.08. The Kier molecular flexibility index (Phi) is 4.55. The molecule has 2 N–H and O–H groups in total. The summed E-state index contributed by atoms with van der Waals surface area (Å²) < 4.78 is 1.93. The number of fused-ring (bicyclic) bond motifs is 1. The predicted octanol–water partition coefficient (Wildman–Crippen LogP) is 4.07. The SMILES string of the molecule is Cc1cn(Cc2c[nH]nn2)c2ncc(C(=O)Nc3ccc(Cl)cc3)c(Cl)c12. The summed E-state index contributed by atoms with van der Waals surface area (Å²) in [7, 11) is 0. The van der Waals surface area contributed by atoms with Gasteiger partial charge in [-0.05, 0) is 36.8 Å². The fraction of sp³-hybridized carbons (Fsp3) is 0.111. The number of hydrogen-bond donors (Lipinski definition) is 2. The van der Waals surface area contributed by atoms with Gasteiger partial charge in [0, 0.05) is 34.7 Å². The van der Waals surface area contributed by atoms with Crippen LogP contribution in [0.3, 0.4) is 0 Å². The van der Waals surface area contributed by atoms with Crippen molar-refractivity contribution in [2.45, 2.75) is 13.5 Å². The van der Waals surface area contributed by atoms with Gasteiger partial charge in [-0.15, -0.1) is 5.10 Å². The lowest BCUT2D eigenvalue weighted by molar-refractivity contribution is 0.102. The Bertz CT molecular complexity index is 1120. The normalized spacial score (nSPS) is 11.1. The number of rotatable bonds is 4. The van der Waals surface area contributed by atoms with Crippen LogP contribution < -0.4 is 5.32 Å². The molecule has 0 radical (unpaired) electrons. The molecule has 3 aromatic heterocycles. The molecule has 0 aliphatic heterocycles. The zero-order valence-corrected chi connectivity index (χ0v) is 15.7. The van der Waals surface area contributed by atoms with E-state index in [0.29, 0.717) is 33.5 Å². The van der Waals surface area contributed by atoms with Crippen LogP contribution in [-0.2, 0) is 6.54 Å². The third-order valence-corrected chi connectivity index (χ3v) is 4.80. The Morgan fingerprint density at radius 3 is 2.74 bits per heavy atom. The summed E-state index contributed by atoms with van der Waals surface area (Å²) in [5, 5.41) is 14.9. The molecule has 0 unspecified atom stereocenters. The van der Waals surface area contributed by atoms with Crippen LogP contribution in [0.15, 0.2) is 42.9 Å². The van der Waals surface area contributed by atoms with Gasteiger partial charge in [-0.2, -0.15) is 0 Å². The summed E-state index contributed by atoms with van der Waals surface area (Å²) in [4.78, 5) is 17.1. The molecule has 136 valence electrons. The maximum Gasteiger partial charge on any atom is 0.258 e. The molecule has 4 aromatic rings. The van der Waals surface area contributed by atoms with Crippen LogP contribution in [-0.4, -0.2) is 30.9 Å². The van der Waals surface area contributed by atoms with Gasteiger partial charge in [0.05, 0.1) is 17.1 Å². The highest BCUT2D eigenvalue weighted by atomic mass is 35.5. The Balaban J connectivity index is 1.68. The van der Waals surface area contributed by atoms with Crippen molar-refractivity contribution < 1.29 is 4.79 Å². The first kappa shape index (κ1) is 17.5. The van der Waals surface area contributed by atoms with E-state index in [-0.39, 0.29) is 5.91 Å². The number of aromatic amines is 1. The maximum atomic E-state index is 12.6. The number of amides is 1. The summed E-state index contributed by atoms with van der Waals surface area (Å²) in [6.45, 7) is 2.43. The number of hydrogen-bond acceptors (Lipinski definition) is 4. The maximum absolute atomic E-state index is 12.6. The van der Waals surface area contributed by atoms with Crippen molar-refractivity contribution in [3.05, 3.63) is 69.7 Å². The van der Waals surface area contributed by atoms with E-state index in [1.54, 1.807) is 30.5 Å². The van der Waals surface area contributed by atoms with Gasteiger partial charge in [-0.3, -0.25) is 9.89 Å². The standard InChI is InChI=1S/C18H14Cl2N6O/c1-10-8-26(9-13-6-22-25-24-13)17-15(10)16(20)14(7-21-17)18(27)23-12-4-2-11(19)3-5-12/h2-8H,9H2,1H3,(H,23,27)(H,22,24,25). The molecular weight excluding hydrogens is 387 g/mol. The van der Waals surface area contributed by atoms with Gasteiger partial charge in [0.2, 0.25) is 0 Å². The zero-order valence-electron chi connectivity index (χ0n) is 14.2. The number of H-pyrrole nitrogens is 1. The van der Waals surface area contributed by atoms with Crippen LogP contribution >= 0.6 is 23.2 Å². The summed E-state index contributed by atoms with van der Waals surface area (Å²) in [6.07, 6.45) is 5.13. The van der Waals surface area contributed by atoms with Crippen LogP contribution in [0.25, 0.3) is 11.0 Å². The number of nitrogens with one attached hydrogen (secondary N) is 2. The third kappa shape index (κ3) is 3.39. The molecule has 1 amide bonds. The number of carbonyl (C=O) groups is 1. The Hall–Kier alpha value is -2.90. The van der Waals surface area contributed by atoms with Gasteiger partial charge < -0.3 is 9.88 Å². The predicted molar refractivity (Wildman–Crippen MR) is 104 cm³/mol. The number of benzene rings is 1. The van der Waals surface area contributed by atoms with Crippen LogP contribution in [0.1, 0.15) is 21.6 Å². The fourth-order valence-corrected chi connectivity index (χ4v) is 3.39. The molecule has 0 saturated carbocycles. The summed E-state index contributed by atoms with van der Waals surface area (Å²) in [5.74, 6) is -0.333. The number of carbonyl (C=O) groups excluding carboxylic acids is 1. The molecule has 7 nitrogen and oxygen atoms in total. The lowest BCUT2D eigenvalue weighted by Crippen LogP contribution is -2.13. The molecule has 1 aromatic carbocycles. The second-order valence-electron chi connectivity index (χ2n) is 6.05. The van der Waals surface area contributed by atoms with Crippen LogP contribution in [0.4, 0.5) is 5.69 Å². The van der Waals surface area contributed by atoms with Crippen LogP contribution in [0.5, 0.6) is 0 Å². The van der Waals surface area contributed by atoms with Crippen LogP contribution in [0.2, 0.25) is 10.0 Å². The Morgan fingerprint density at radius 1 is 1.26 bits per heavy atom. The lowest BCUT2D eigenvalue weighted by atomic mass is 10.1. The number of aromatic nitrogens is 5. The molecule has 27 heavy (non-hydrogen) atoms. The first-order valence-electron chi connectivity index (χ1n) is 8.09. The van der Waals surface area contributed by atoms with E-state index in [9.17, 15) is 4.79 Å². The largest absolute Gasteiger partial charge is 0.326 e. The zero-order chi connectivity index (χ0) is 19.0.